The summed E-state index contributed by atoms with van der Waals surface area (Å²) in [6.45, 7) is 0. The number of rotatable bonds is 3. The van der Waals surface area contributed by atoms with Crippen LogP contribution in [0.4, 0.5) is 0 Å². The summed E-state index contributed by atoms with van der Waals surface area (Å²) in [5.41, 5.74) is 8.07. The summed E-state index contributed by atoms with van der Waals surface area (Å²) in [5, 5.41) is 12.5. The third-order valence-electron chi connectivity index (χ3n) is 3.51. The van der Waals surface area contributed by atoms with E-state index in [2.05, 4.69) is 5.43 Å². The van der Waals surface area contributed by atoms with Crippen molar-refractivity contribution in [3.63, 3.8) is 0 Å². The van der Waals surface area contributed by atoms with Crippen molar-refractivity contribution in [2.45, 2.75) is 31.7 Å². The molecule has 0 aromatic heterocycles. The van der Waals surface area contributed by atoms with Crippen molar-refractivity contribution < 1.29 is 9.72 Å². The predicted octanol–water partition coefficient (Wildman–Crippen LogP) is -0.0312. The third kappa shape index (κ3) is 1.97. The molecule has 0 aromatic rings. The smallest absolute Gasteiger partial charge is 0.295 e. The second-order valence-electron chi connectivity index (χ2n) is 4.57. The number of hydrogen-bond acceptors (Lipinski definition) is 5. The monoisotopic (exact) mass is 240 g/mol. The van der Waals surface area contributed by atoms with Crippen LogP contribution in [0.2, 0.25) is 0 Å². The Kier molecular flexibility index (Phi) is 3.01. The van der Waals surface area contributed by atoms with Gasteiger partial charge in [-0.3, -0.25) is 14.9 Å². The highest BCUT2D eigenvalue weighted by atomic mass is 16.6. The molecule has 1 fully saturated rings. The SMILES string of the molecule is CN1NC(C2CCCC2)C([N+](=O)[O-])=C1C(N)=O. The van der Waals surface area contributed by atoms with Gasteiger partial charge in [-0.15, -0.1) is 0 Å². The lowest BCUT2D eigenvalue weighted by atomic mass is 9.96. The highest BCUT2D eigenvalue weighted by Crippen LogP contribution is 2.34. The van der Waals surface area contributed by atoms with Gasteiger partial charge in [0.1, 0.15) is 6.04 Å². The molecular weight excluding hydrogens is 224 g/mol. The van der Waals surface area contributed by atoms with Crippen molar-refractivity contribution in [1.82, 2.24) is 10.4 Å². The molecule has 0 radical (unpaired) electrons. The molecule has 1 atom stereocenters. The molecule has 2 rings (SSSR count). The molecule has 0 spiro atoms. The minimum atomic E-state index is -0.757. The molecule has 7 nitrogen and oxygen atoms in total. The quantitative estimate of drug-likeness (QED) is 0.532. The maximum Gasteiger partial charge on any atom is 0.295 e. The van der Waals surface area contributed by atoms with Gasteiger partial charge >= 0.3 is 0 Å². The van der Waals surface area contributed by atoms with Gasteiger partial charge < -0.3 is 10.7 Å². The predicted molar refractivity (Wildman–Crippen MR) is 59.9 cm³/mol. The second-order valence-corrected chi connectivity index (χ2v) is 4.57. The van der Waals surface area contributed by atoms with Crippen molar-refractivity contribution in [2.75, 3.05) is 7.05 Å². The van der Waals surface area contributed by atoms with Gasteiger partial charge in [0.05, 0.1) is 4.92 Å². The molecule has 1 heterocycles. The van der Waals surface area contributed by atoms with E-state index in [0.717, 1.165) is 25.7 Å². The number of likely N-dealkylation sites (N-methyl/N-ethyl adjacent to an activating group) is 1. The molecule has 2 aliphatic rings. The fourth-order valence-corrected chi connectivity index (χ4v) is 2.76. The highest BCUT2D eigenvalue weighted by Gasteiger charge is 2.45. The number of primary amides is 1. The maximum absolute atomic E-state index is 11.3. The number of carbonyl (C=O) groups excluding carboxylic acids is 1. The summed E-state index contributed by atoms with van der Waals surface area (Å²) >= 11 is 0. The van der Waals surface area contributed by atoms with Crippen LogP contribution in [-0.2, 0) is 4.79 Å². The van der Waals surface area contributed by atoms with Crippen LogP contribution in [-0.4, -0.2) is 28.9 Å². The Morgan fingerprint density at radius 1 is 1.53 bits per heavy atom. The number of nitrogens with one attached hydrogen (secondary N) is 1. The van der Waals surface area contributed by atoms with Crippen LogP contribution in [0.25, 0.3) is 0 Å². The van der Waals surface area contributed by atoms with E-state index in [9.17, 15) is 14.9 Å². The first-order valence-electron chi connectivity index (χ1n) is 5.70. The molecule has 1 unspecified atom stereocenters. The number of nitrogens with two attached hydrogens (primary N) is 1. The van der Waals surface area contributed by atoms with Crippen LogP contribution < -0.4 is 11.2 Å². The van der Waals surface area contributed by atoms with E-state index in [1.165, 1.54) is 5.01 Å². The van der Waals surface area contributed by atoms with Crippen molar-refractivity contribution in [1.29, 1.82) is 0 Å². The number of nitro groups is 1. The van der Waals surface area contributed by atoms with Gasteiger partial charge in [-0.25, -0.2) is 5.43 Å². The van der Waals surface area contributed by atoms with Crippen LogP contribution in [0, 0.1) is 16.0 Å². The lowest BCUT2D eigenvalue weighted by Crippen LogP contribution is -2.40. The molecule has 1 aliphatic heterocycles. The zero-order chi connectivity index (χ0) is 12.6. The molecule has 1 amide bonds. The molecule has 0 bridgehead atoms. The van der Waals surface area contributed by atoms with Crippen molar-refractivity contribution in [2.24, 2.45) is 11.7 Å². The lowest BCUT2D eigenvalue weighted by Gasteiger charge is -2.19. The molecule has 1 saturated carbocycles. The van der Waals surface area contributed by atoms with Gasteiger partial charge in [0.25, 0.3) is 11.6 Å². The van der Waals surface area contributed by atoms with E-state index < -0.39 is 10.8 Å². The van der Waals surface area contributed by atoms with Gasteiger partial charge in [0.2, 0.25) is 0 Å². The highest BCUT2D eigenvalue weighted by molar-refractivity contribution is 5.92. The summed E-state index contributed by atoms with van der Waals surface area (Å²) in [6.07, 6.45) is 4.08. The maximum atomic E-state index is 11.3. The number of hydrogen-bond donors (Lipinski definition) is 2. The second kappa shape index (κ2) is 4.33. The van der Waals surface area contributed by atoms with E-state index in [-0.39, 0.29) is 23.4 Å². The van der Waals surface area contributed by atoms with E-state index in [4.69, 9.17) is 5.73 Å². The summed E-state index contributed by atoms with van der Waals surface area (Å²) < 4.78 is 0. The number of carbonyl (C=O) groups is 1. The molecule has 7 heteroatoms. The summed E-state index contributed by atoms with van der Waals surface area (Å²) in [6, 6.07) is -0.389. The number of hydrazine groups is 1. The zero-order valence-corrected chi connectivity index (χ0v) is 9.68. The van der Waals surface area contributed by atoms with Crippen molar-refractivity contribution in [3.05, 3.63) is 21.5 Å². The number of amides is 1. The minimum absolute atomic E-state index is 0.0214. The van der Waals surface area contributed by atoms with Crippen molar-refractivity contribution >= 4 is 5.91 Å². The lowest BCUT2D eigenvalue weighted by molar-refractivity contribution is -0.430. The fraction of sp³-hybridized carbons (Fsp3) is 0.700. The topological polar surface area (TPSA) is 102 Å². The first kappa shape index (κ1) is 11.8. The molecule has 17 heavy (non-hydrogen) atoms. The Balaban J connectivity index is 2.35. The third-order valence-corrected chi connectivity index (χ3v) is 3.51. The van der Waals surface area contributed by atoms with Crippen LogP contribution in [0.15, 0.2) is 11.4 Å². The van der Waals surface area contributed by atoms with Gasteiger partial charge in [-0.1, -0.05) is 12.8 Å². The summed E-state index contributed by atoms with van der Waals surface area (Å²) in [5.74, 6) is -0.540. The summed E-state index contributed by atoms with van der Waals surface area (Å²) in [4.78, 5) is 21.9. The molecule has 0 saturated heterocycles. The normalized spacial score (nSPS) is 25.7. The molecule has 94 valence electrons. The van der Waals surface area contributed by atoms with Crippen LogP contribution in [0.1, 0.15) is 25.7 Å². The fourth-order valence-electron chi connectivity index (χ4n) is 2.76. The number of nitrogens with zero attached hydrogens (tertiary/aromatic N) is 2. The standard InChI is InChI=1S/C10H16N4O3/c1-13-9(10(11)15)8(14(16)17)7(12-13)6-4-2-3-5-6/h6-7,12H,2-5H2,1H3,(H2,11,15). The van der Waals surface area contributed by atoms with Gasteiger partial charge in [0, 0.05) is 7.05 Å². The van der Waals surface area contributed by atoms with Gasteiger partial charge in [-0.2, -0.15) is 0 Å². The molecule has 0 aromatic carbocycles. The van der Waals surface area contributed by atoms with E-state index in [0.29, 0.717) is 0 Å². The minimum Gasteiger partial charge on any atom is -0.364 e. The van der Waals surface area contributed by atoms with Crippen molar-refractivity contribution in [3.8, 4) is 0 Å². The molecular formula is C10H16N4O3. The Hall–Kier alpha value is -1.63. The van der Waals surface area contributed by atoms with Gasteiger partial charge in [0.15, 0.2) is 5.70 Å². The van der Waals surface area contributed by atoms with E-state index in [1.807, 2.05) is 0 Å². The van der Waals surface area contributed by atoms with Gasteiger partial charge in [-0.05, 0) is 18.8 Å². The van der Waals surface area contributed by atoms with E-state index in [1.54, 1.807) is 7.05 Å². The van der Waals surface area contributed by atoms with Crippen LogP contribution >= 0.6 is 0 Å². The Labute approximate surface area is 98.8 Å². The zero-order valence-electron chi connectivity index (χ0n) is 9.68. The Bertz CT molecular complexity index is 387. The summed E-state index contributed by atoms with van der Waals surface area (Å²) in [7, 11) is 1.58. The Morgan fingerprint density at radius 2 is 2.12 bits per heavy atom. The van der Waals surface area contributed by atoms with Crippen LogP contribution in [0.5, 0.6) is 0 Å². The van der Waals surface area contributed by atoms with E-state index >= 15 is 0 Å². The average Bonchev–Trinajstić information content (AvgIpc) is 2.82. The van der Waals surface area contributed by atoms with Crippen LogP contribution in [0.3, 0.4) is 0 Å². The largest absolute Gasteiger partial charge is 0.364 e. The first-order chi connectivity index (χ1) is 8.02. The average molecular weight is 240 g/mol. The first-order valence-corrected chi connectivity index (χ1v) is 5.70. The Morgan fingerprint density at radius 3 is 2.59 bits per heavy atom. The molecule has 3 N–H and O–H groups in total. The molecule has 1 aliphatic carbocycles.